The molecule has 0 bridgehead atoms. The Kier molecular flexibility index (Phi) is 25.0. The molecule has 1 fully saturated rings. The minimum absolute atomic E-state index is 0.0348. The zero-order valence-electron chi connectivity index (χ0n) is 62.7. The van der Waals surface area contributed by atoms with E-state index < -0.39 is 48.4 Å². The van der Waals surface area contributed by atoms with Gasteiger partial charge in [0, 0.05) is 105 Å². The number of para-hydroxylation sites is 3. The molecule has 1 aliphatic carbocycles. The Morgan fingerprint density at radius 3 is 1.26 bits per heavy atom. The number of rotatable bonds is 30. The van der Waals surface area contributed by atoms with E-state index in [1.54, 1.807) is 156 Å². The van der Waals surface area contributed by atoms with Crippen LogP contribution in [0.1, 0.15) is 135 Å². The number of hydrogen-bond acceptors (Lipinski definition) is 17. The smallest absolute Gasteiger partial charge is 0.329 e. The van der Waals surface area contributed by atoms with Gasteiger partial charge in [-0.05, 0) is 145 Å². The van der Waals surface area contributed by atoms with Crippen LogP contribution in [0.4, 0.5) is 0 Å². The highest BCUT2D eigenvalue weighted by atomic mass is 32.1. The summed E-state index contributed by atoms with van der Waals surface area (Å²) >= 11 is 2.51. The van der Waals surface area contributed by atoms with Crippen LogP contribution in [0.5, 0.6) is 17.2 Å². The molecule has 1 saturated carbocycles. The second-order valence-electron chi connectivity index (χ2n) is 25.0. The minimum atomic E-state index is -2.20. The number of carboxylic acids is 3. The third-order valence-electron chi connectivity index (χ3n) is 16.5. The molecule has 0 radical (unpaired) electrons. The van der Waals surface area contributed by atoms with Gasteiger partial charge in [0.15, 0.2) is 0 Å². The van der Waals surface area contributed by atoms with Crippen molar-refractivity contribution >= 4 is 58.3 Å². The molecule has 0 saturated heterocycles. The first-order valence-electron chi connectivity index (χ1n) is 35.8. The quantitative estimate of drug-likeness (QED) is 0.0377. The number of aliphatic carboxylic acids is 3. The highest BCUT2D eigenvalue weighted by Crippen LogP contribution is 2.33. The van der Waals surface area contributed by atoms with Crippen LogP contribution >= 0.6 is 22.7 Å². The van der Waals surface area contributed by atoms with Gasteiger partial charge in [-0.25, -0.2) is 14.8 Å². The van der Waals surface area contributed by atoms with Gasteiger partial charge in [0.25, 0.3) is 17.7 Å². The molecule has 1 aliphatic rings. The standard InChI is InChI=1S/C28H31NO6.2C27H26N2O5S/c1-19(2)29(28(32)21-11-9-20(10-12-21)25-8-5-15-33-25)17-22-6-3-4-7-26(22)35-24-14-13-23(16-24)34-18-27(30)31;2*1-18(2)29(27(32)20-11-9-19(10-12-20)23-8-5-13-33-23)15-21-6-3-4-7-24(21)34-16-22-17-35-25(28-22)14-26(30)31/h3-12,15,19,23-24H,13-14,16-18H2,1-2H3,(H,30,31);2*3-13,17-18H,14-16H2,1-2H3,(H,30,31)/i19D;18D;15D2. The summed E-state index contributed by atoms with van der Waals surface area (Å²) < 4.78 is 75.1. The molecule has 21 nitrogen and oxygen atoms in total. The third kappa shape index (κ3) is 21.8. The number of carbonyl (C=O) groups is 6. The Morgan fingerprint density at radius 1 is 0.486 bits per heavy atom. The van der Waals surface area contributed by atoms with Crippen molar-refractivity contribution in [2.45, 2.75) is 137 Å². The van der Waals surface area contributed by atoms with Crippen LogP contribution in [-0.4, -0.2) is 113 Å². The lowest BCUT2D eigenvalue weighted by molar-refractivity contribution is -0.144. The van der Waals surface area contributed by atoms with Gasteiger partial charge in [0.2, 0.25) is 0 Å². The van der Waals surface area contributed by atoms with E-state index in [9.17, 15) is 28.8 Å². The lowest BCUT2D eigenvalue weighted by Gasteiger charge is -2.28. The topological polar surface area (TPSA) is 275 Å². The monoisotopic (exact) mass is 1460 g/mol. The van der Waals surface area contributed by atoms with Crippen molar-refractivity contribution in [1.82, 2.24) is 24.7 Å². The maximum absolute atomic E-state index is 13.6. The number of carboxylic acid groups (broad SMARTS) is 3. The average Bonchev–Trinajstić information content (AvgIpc) is 1.68. The van der Waals surface area contributed by atoms with Gasteiger partial charge in [-0.3, -0.25) is 24.0 Å². The number of amides is 3. The molecule has 105 heavy (non-hydrogen) atoms. The lowest BCUT2D eigenvalue weighted by Crippen LogP contribution is -2.36. The molecule has 11 aromatic rings. The van der Waals surface area contributed by atoms with Crippen molar-refractivity contribution in [2.75, 3.05) is 6.61 Å². The molecule has 544 valence electrons. The van der Waals surface area contributed by atoms with Crippen molar-refractivity contribution < 1.29 is 81.8 Å². The van der Waals surface area contributed by atoms with Gasteiger partial charge in [-0.15, -0.1) is 22.7 Å². The Labute approximate surface area is 622 Å². The van der Waals surface area contributed by atoms with Crippen molar-refractivity contribution in [3.63, 3.8) is 0 Å². The zero-order valence-corrected chi connectivity index (χ0v) is 60.3. The molecule has 2 unspecified atom stereocenters. The number of carbonyl (C=O) groups excluding carboxylic acids is 3. The SMILES string of the molecule is [2H]C(C)(C)N(Cc1ccccc1OC1CCC(OCC(=O)O)C1)C(=O)c1ccc(-c2ccco2)cc1.[2H]C(C)(C)N(Cc1ccccc1OCc1csc(CC(=O)O)n1)C(=O)c1ccc(-c2ccco2)cc1.[2H]C([2H])(c1ccccc1OCc1csc(CC(=O)O)n1)N(C(=O)c1ccc(-c2ccco2)cc1)C(C)C. The number of furan rings is 3. The van der Waals surface area contributed by atoms with Crippen LogP contribution in [0.25, 0.3) is 34.0 Å². The predicted molar refractivity (Wildman–Crippen MR) is 398 cm³/mol. The number of ether oxygens (including phenoxy) is 4. The Bertz CT molecular complexity index is 4830. The highest BCUT2D eigenvalue weighted by Gasteiger charge is 2.30. The molecule has 0 spiro atoms. The van der Waals surface area contributed by atoms with Crippen LogP contribution in [-0.2, 0) is 64.8 Å². The summed E-state index contributed by atoms with van der Waals surface area (Å²) in [5.41, 5.74) is 6.78. The third-order valence-corrected chi connectivity index (χ3v) is 18.3. The Morgan fingerprint density at radius 2 is 0.867 bits per heavy atom. The number of thiazole rings is 2. The molecule has 2 atom stereocenters. The van der Waals surface area contributed by atoms with Crippen molar-refractivity contribution in [1.29, 1.82) is 0 Å². The van der Waals surface area contributed by atoms with Crippen molar-refractivity contribution in [3.05, 3.63) is 266 Å². The number of hydrogen-bond donors (Lipinski definition) is 3. The molecule has 3 amide bonds. The van der Waals surface area contributed by atoms with E-state index in [0.717, 1.165) is 46.4 Å². The van der Waals surface area contributed by atoms with E-state index in [2.05, 4.69) is 9.97 Å². The summed E-state index contributed by atoms with van der Waals surface area (Å²) in [4.78, 5) is 85.9. The fourth-order valence-corrected chi connectivity index (χ4v) is 12.7. The maximum atomic E-state index is 13.6. The number of nitrogens with zero attached hydrogens (tertiary/aromatic N) is 5. The molecule has 5 aromatic heterocycles. The van der Waals surface area contributed by atoms with Gasteiger partial charge < -0.3 is 62.2 Å². The summed E-state index contributed by atoms with van der Waals surface area (Å²) in [5.74, 6) is -0.252. The first-order valence-corrected chi connectivity index (χ1v) is 35.5. The lowest BCUT2D eigenvalue weighted by atomic mass is 10.1. The number of benzene rings is 6. The van der Waals surface area contributed by atoms with E-state index >= 15 is 0 Å². The van der Waals surface area contributed by atoms with Gasteiger partial charge in [0.1, 0.15) is 70.5 Å². The molecule has 23 heteroatoms. The second-order valence-corrected chi connectivity index (χ2v) is 26.9. The van der Waals surface area contributed by atoms with Crippen LogP contribution in [0.3, 0.4) is 0 Å². The summed E-state index contributed by atoms with van der Waals surface area (Å²) in [6.07, 6.45) is 6.33. The van der Waals surface area contributed by atoms with Crippen LogP contribution in [0, 0.1) is 0 Å². The van der Waals surface area contributed by atoms with Crippen LogP contribution in [0.15, 0.2) is 225 Å². The Balaban J connectivity index is 0.000000174. The van der Waals surface area contributed by atoms with Crippen molar-refractivity contribution in [2.24, 2.45) is 0 Å². The first kappa shape index (κ1) is 70.6. The van der Waals surface area contributed by atoms with Crippen molar-refractivity contribution in [3.8, 4) is 51.2 Å². The Hall–Kier alpha value is -11.4. The van der Waals surface area contributed by atoms with Crippen LogP contribution < -0.4 is 14.2 Å². The van der Waals surface area contributed by atoms with Gasteiger partial charge in [0.05, 0.1) is 54.6 Å². The van der Waals surface area contributed by atoms with E-state index in [0.29, 0.717) is 67.5 Å². The summed E-state index contributed by atoms with van der Waals surface area (Å²) in [5, 5.41) is 31.2. The predicted octanol–water partition coefficient (Wildman–Crippen LogP) is 16.7. The van der Waals surface area contributed by atoms with Crippen LogP contribution in [0.2, 0.25) is 0 Å². The summed E-state index contributed by atoms with van der Waals surface area (Å²) in [6.45, 7) is 8.31. The van der Waals surface area contributed by atoms with Gasteiger partial charge in [-0.1, -0.05) is 91.0 Å². The molecule has 0 aliphatic heterocycles. The molecule has 12 rings (SSSR count). The van der Waals surface area contributed by atoms with E-state index in [1.165, 1.54) is 37.4 Å². The molecular formula is C82H83N5O16S2. The fraction of sp³-hybridized carbons (Fsp3) is 0.268. The highest BCUT2D eigenvalue weighted by molar-refractivity contribution is 7.10. The fourth-order valence-electron chi connectivity index (χ4n) is 11.2. The second kappa shape index (κ2) is 37.2. The molecule has 5 heterocycles. The average molecular weight is 1460 g/mol. The summed E-state index contributed by atoms with van der Waals surface area (Å²) in [7, 11) is 0. The normalized spacial score (nSPS) is 14.0. The van der Waals surface area contributed by atoms with Gasteiger partial charge in [-0.2, -0.15) is 0 Å². The maximum Gasteiger partial charge on any atom is 0.329 e. The molecule has 6 aromatic carbocycles. The molecule has 3 N–H and O–H groups in total. The molecular weight excluding hydrogens is 1380 g/mol. The zero-order chi connectivity index (χ0) is 78.0. The first-order chi connectivity index (χ1) is 52.1. The van der Waals surface area contributed by atoms with E-state index in [-0.39, 0.29) is 81.1 Å². The van der Waals surface area contributed by atoms with E-state index in [4.69, 9.17) is 53.0 Å². The van der Waals surface area contributed by atoms with E-state index in [1.807, 2.05) is 97.1 Å². The largest absolute Gasteiger partial charge is 0.490 e. The minimum Gasteiger partial charge on any atom is -0.490 e. The number of aromatic nitrogens is 2. The summed E-state index contributed by atoms with van der Waals surface area (Å²) in [6, 6.07) is 50.8. The van der Waals surface area contributed by atoms with Gasteiger partial charge >= 0.3 is 17.9 Å².